The summed E-state index contributed by atoms with van der Waals surface area (Å²) in [4.78, 5) is 26.1. The number of pyridine rings is 1. The van der Waals surface area contributed by atoms with Gasteiger partial charge in [-0.2, -0.15) is 0 Å². The van der Waals surface area contributed by atoms with Crippen LogP contribution < -0.4 is 10.7 Å². The number of hydrogen-bond acceptors (Lipinski definition) is 2. The molecule has 1 heterocycles. The third-order valence-corrected chi connectivity index (χ3v) is 2.26. The second-order valence-corrected chi connectivity index (χ2v) is 3.16. The van der Waals surface area contributed by atoms with Crippen molar-refractivity contribution in [2.24, 2.45) is 0 Å². The van der Waals surface area contributed by atoms with E-state index in [1.54, 1.807) is 18.2 Å². The molecule has 0 saturated carbocycles. The summed E-state index contributed by atoms with van der Waals surface area (Å²) in [5.74, 6) is -0.373. The number of H-pyrrole nitrogens is 1. The summed E-state index contributed by atoms with van der Waals surface area (Å²) in [7, 11) is 1.50. The van der Waals surface area contributed by atoms with Crippen LogP contribution in [0, 0.1) is 0 Å². The Balaban J connectivity index is 0.000000741. The third-order valence-electron chi connectivity index (χ3n) is 2.26. The first-order valence-corrected chi connectivity index (χ1v) is 6.56. The van der Waals surface area contributed by atoms with Gasteiger partial charge >= 0.3 is 0 Å². The molecule has 0 atom stereocenters. The van der Waals surface area contributed by atoms with Gasteiger partial charge in [-0.25, -0.2) is 0 Å². The van der Waals surface area contributed by atoms with Crippen molar-refractivity contribution >= 4 is 16.8 Å². The van der Waals surface area contributed by atoms with Gasteiger partial charge in [0.2, 0.25) is 5.43 Å². The molecule has 1 aromatic carbocycles. The van der Waals surface area contributed by atoms with Gasteiger partial charge in [0.1, 0.15) is 5.56 Å². The van der Waals surface area contributed by atoms with Gasteiger partial charge in [-0.3, -0.25) is 9.59 Å². The molecule has 2 N–H and O–H groups in total. The number of fused-ring (bicyclic) bond motifs is 1. The number of benzene rings is 1. The lowest BCUT2D eigenvalue weighted by atomic mass is 10.1. The van der Waals surface area contributed by atoms with E-state index in [1.807, 2.05) is 33.8 Å². The van der Waals surface area contributed by atoms with Gasteiger partial charge in [0, 0.05) is 24.1 Å². The predicted octanol–water partition coefficient (Wildman–Crippen LogP) is 2.94. The molecular formula is C15H22N2O2. The van der Waals surface area contributed by atoms with Crippen molar-refractivity contribution in [3.63, 3.8) is 0 Å². The average Bonchev–Trinajstić information content (AvgIpc) is 2.51. The number of para-hydroxylation sites is 1. The van der Waals surface area contributed by atoms with E-state index in [1.165, 1.54) is 13.2 Å². The van der Waals surface area contributed by atoms with Gasteiger partial charge in [-0.05, 0) is 12.1 Å². The Morgan fingerprint density at radius 1 is 1.11 bits per heavy atom. The summed E-state index contributed by atoms with van der Waals surface area (Å²) in [5, 5.41) is 2.95. The molecule has 0 radical (unpaired) electrons. The first kappa shape index (κ1) is 16.9. The largest absolute Gasteiger partial charge is 0.360 e. The van der Waals surface area contributed by atoms with Gasteiger partial charge in [0.25, 0.3) is 5.91 Å². The van der Waals surface area contributed by atoms with Crippen LogP contribution in [0.1, 0.15) is 38.1 Å². The number of carbonyl (C=O) groups is 1. The van der Waals surface area contributed by atoms with E-state index in [-0.39, 0.29) is 16.9 Å². The van der Waals surface area contributed by atoms with Gasteiger partial charge < -0.3 is 10.3 Å². The van der Waals surface area contributed by atoms with E-state index in [4.69, 9.17) is 0 Å². The Morgan fingerprint density at radius 3 is 2.26 bits per heavy atom. The van der Waals surface area contributed by atoms with Crippen LogP contribution in [0.4, 0.5) is 0 Å². The SMILES string of the molecule is CC.CC.CNC(=O)c1c[nH]c2ccccc2c1=O. The highest BCUT2D eigenvalue weighted by Crippen LogP contribution is 2.06. The first-order valence-electron chi connectivity index (χ1n) is 6.56. The summed E-state index contributed by atoms with van der Waals surface area (Å²) < 4.78 is 0. The molecule has 0 bridgehead atoms. The van der Waals surface area contributed by atoms with Crippen molar-refractivity contribution < 1.29 is 4.79 Å². The summed E-state index contributed by atoms with van der Waals surface area (Å²) in [6, 6.07) is 7.09. The van der Waals surface area contributed by atoms with Crippen LogP contribution in [-0.4, -0.2) is 17.9 Å². The Bertz CT molecular complexity index is 574. The summed E-state index contributed by atoms with van der Waals surface area (Å²) in [5.41, 5.74) is 0.620. The van der Waals surface area contributed by atoms with Crippen LogP contribution >= 0.6 is 0 Å². The maximum atomic E-state index is 11.8. The first-order chi connectivity index (χ1) is 9.24. The Kier molecular flexibility index (Phi) is 7.93. The molecule has 4 heteroatoms. The molecule has 1 amide bonds. The zero-order chi connectivity index (χ0) is 14.8. The number of aromatic amines is 1. The molecule has 0 saturated heterocycles. The zero-order valence-electron chi connectivity index (χ0n) is 12.2. The molecule has 2 aromatic rings. The van der Waals surface area contributed by atoms with Crippen molar-refractivity contribution in [3.05, 3.63) is 46.2 Å². The van der Waals surface area contributed by atoms with Gasteiger partial charge in [-0.1, -0.05) is 39.8 Å². The minimum Gasteiger partial charge on any atom is -0.360 e. The zero-order valence-corrected chi connectivity index (χ0v) is 12.2. The number of rotatable bonds is 1. The van der Waals surface area contributed by atoms with E-state index in [0.29, 0.717) is 5.39 Å². The molecule has 0 fully saturated rings. The van der Waals surface area contributed by atoms with Crippen LogP contribution in [0.5, 0.6) is 0 Å². The minimum absolute atomic E-state index is 0.135. The van der Waals surface area contributed by atoms with Crippen molar-refractivity contribution in [1.82, 2.24) is 10.3 Å². The van der Waals surface area contributed by atoms with Gasteiger partial charge in [-0.15, -0.1) is 0 Å². The molecule has 0 aliphatic rings. The fourth-order valence-corrected chi connectivity index (χ4v) is 1.47. The van der Waals surface area contributed by atoms with Crippen molar-refractivity contribution in [2.75, 3.05) is 7.05 Å². The van der Waals surface area contributed by atoms with E-state index in [0.717, 1.165) is 5.52 Å². The molecule has 2 rings (SSSR count). The highest BCUT2D eigenvalue weighted by atomic mass is 16.2. The van der Waals surface area contributed by atoms with E-state index < -0.39 is 0 Å². The Morgan fingerprint density at radius 2 is 1.68 bits per heavy atom. The van der Waals surface area contributed by atoms with Crippen molar-refractivity contribution in [3.8, 4) is 0 Å². The smallest absolute Gasteiger partial charge is 0.256 e. The lowest BCUT2D eigenvalue weighted by Gasteiger charge is -2.01. The van der Waals surface area contributed by atoms with Crippen molar-refractivity contribution in [2.45, 2.75) is 27.7 Å². The molecule has 104 valence electrons. The van der Waals surface area contributed by atoms with Crippen LogP contribution in [0.2, 0.25) is 0 Å². The number of hydrogen-bond donors (Lipinski definition) is 2. The molecule has 0 aliphatic carbocycles. The average molecular weight is 262 g/mol. The molecular weight excluding hydrogens is 240 g/mol. The molecule has 4 nitrogen and oxygen atoms in total. The minimum atomic E-state index is -0.373. The normalized spacial score (nSPS) is 8.68. The fourth-order valence-electron chi connectivity index (χ4n) is 1.47. The highest BCUT2D eigenvalue weighted by molar-refractivity contribution is 5.96. The maximum absolute atomic E-state index is 11.8. The van der Waals surface area contributed by atoms with Crippen LogP contribution in [0.15, 0.2) is 35.3 Å². The number of aromatic nitrogens is 1. The second kappa shape index (κ2) is 8.91. The Hall–Kier alpha value is -2.10. The molecule has 0 aliphatic heterocycles. The monoisotopic (exact) mass is 262 g/mol. The van der Waals surface area contributed by atoms with Crippen LogP contribution in [0.25, 0.3) is 10.9 Å². The second-order valence-electron chi connectivity index (χ2n) is 3.16. The summed E-state index contributed by atoms with van der Waals surface area (Å²) >= 11 is 0. The van der Waals surface area contributed by atoms with E-state index in [9.17, 15) is 9.59 Å². The van der Waals surface area contributed by atoms with Crippen LogP contribution in [-0.2, 0) is 0 Å². The number of amides is 1. The quantitative estimate of drug-likeness (QED) is 0.830. The van der Waals surface area contributed by atoms with Gasteiger partial charge in [0.05, 0.1) is 0 Å². The molecule has 0 unspecified atom stereocenters. The van der Waals surface area contributed by atoms with Gasteiger partial charge in [0.15, 0.2) is 0 Å². The molecule has 1 aromatic heterocycles. The maximum Gasteiger partial charge on any atom is 0.256 e. The Labute approximate surface area is 113 Å². The summed E-state index contributed by atoms with van der Waals surface area (Å²) in [6.07, 6.45) is 1.43. The standard InChI is InChI=1S/C11H10N2O2.2C2H6/c1-12-11(15)8-6-13-9-5-3-2-4-7(9)10(8)14;2*1-2/h2-6H,1H3,(H,12,15)(H,13,14);2*1-2H3. The highest BCUT2D eigenvalue weighted by Gasteiger charge is 2.10. The van der Waals surface area contributed by atoms with E-state index >= 15 is 0 Å². The van der Waals surface area contributed by atoms with Crippen LogP contribution in [0.3, 0.4) is 0 Å². The van der Waals surface area contributed by atoms with Crippen molar-refractivity contribution in [1.29, 1.82) is 0 Å². The molecule has 19 heavy (non-hydrogen) atoms. The lowest BCUT2D eigenvalue weighted by Crippen LogP contribution is -2.25. The fraction of sp³-hybridized carbons (Fsp3) is 0.333. The third kappa shape index (κ3) is 3.95. The molecule has 0 spiro atoms. The summed E-state index contributed by atoms with van der Waals surface area (Å²) in [6.45, 7) is 8.00. The predicted molar refractivity (Wildman–Crippen MR) is 80.7 cm³/mol. The topological polar surface area (TPSA) is 62.0 Å². The van der Waals surface area contributed by atoms with E-state index in [2.05, 4.69) is 10.3 Å². The number of carbonyl (C=O) groups excluding carboxylic acids is 1. The number of nitrogens with one attached hydrogen (secondary N) is 2. The lowest BCUT2D eigenvalue weighted by molar-refractivity contribution is 0.0962.